The van der Waals surface area contributed by atoms with E-state index in [1.54, 1.807) is 0 Å². The Morgan fingerprint density at radius 2 is 1.76 bits per heavy atom. The molecule has 2 heterocycles. The number of nitrogens with zero attached hydrogens (tertiary/aromatic N) is 2. The van der Waals surface area contributed by atoms with Gasteiger partial charge in [0.15, 0.2) is 5.96 Å². The number of nitrogens with two attached hydrogens (primary N) is 1. The van der Waals surface area contributed by atoms with Gasteiger partial charge in [0.2, 0.25) is 0 Å². The molecule has 2 aliphatic heterocycles. The zero-order valence-electron chi connectivity index (χ0n) is 16.9. The maximum absolute atomic E-state index is 6.56. The van der Waals surface area contributed by atoms with Crippen LogP contribution in [-0.4, -0.2) is 30.5 Å². The largest absolute Gasteiger partial charge is 0.369 e. The molecule has 2 aliphatic rings. The second-order valence-corrected chi connectivity index (χ2v) is 8.38. The minimum atomic E-state index is 0.0957. The smallest absolute Gasteiger partial charge is 0.196 e. The Labute approximate surface area is 178 Å². The maximum Gasteiger partial charge on any atom is 0.196 e. The van der Waals surface area contributed by atoms with E-state index in [0.29, 0.717) is 11.9 Å². The number of halogens is 1. The summed E-state index contributed by atoms with van der Waals surface area (Å²) < 4.78 is 0. The van der Waals surface area contributed by atoms with E-state index >= 15 is 0 Å². The maximum atomic E-state index is 6.56. The van der Waals surface area contributed by atoms with Crippen LogP contribution in [0.15, 0.2) is 70.9 Å². The fraction of sp³-hybridized carbons (Fsp3) is 0.375. The molecule has 0 radical (unpaired) electrons. The van der Waals surface area contributed by atoms with Gasteiger partial charge in [-0.2, -0.15) is 0 Å². The summed E-state index contributed by atoms with van der Waals surface area (Å²) in [7, 11) is 0. The quantitative estimate of drug-likeness (QED) is 0.764. The highest BCUT2D eigenvalue weighted by Gasteiger charge is 2.32. The van der Waals surface area contributed by atoms with Crippen molar-refractivity contribution in [2.75, 3.05) is 19.6 Å². The van der Waals surface area contributed by atoms with Crippen LogP contribution in [0.1, 0.15) is 36.9 Å². The first-order valence-corrected chi connectivity index (χ1v) is 10.8. The molecular weight excluding hydrogens is 380 g/mol. The third-order valence-corrected chi connectivity index (χ3v) is 6.30. The molecular formula is C24H29ClN4. The van der Waals surface area contributed by atoms with Crippen LogP contribution in [0.2, 0.25) is 5.02 Å². The lowest BCUT2D eigenvalue weighted by Gasteiger charge is -2.39. The van der Waals surface area contributed by atoms with Gasteiger partial charge in [-0.3, -0.25) is 0 Å². The fourth-order valence-corrected chi connectivity index (χ4v) is 4.63. The van der Waals surface area contributed by atoms with Crippen LogP contribution in [0.25, 0.3) is 0 Å². The summed E-state index contributed by atoms with van der Waals surface area (Å²) in [5, 5.41) is 4.20. The normalized spacial score (nSPS) is 20.7. The number of aliphatic imine (C=N–C) groups is 1. The first-order valence-electron chi connectivity index (χ1n) is 10.4. The highest BCUT2D eigenvalue weighted by Crippen LogP contribution is 2.38. The highest BCUT2D eigenvalue weighted by molar-refractivity contribution is 6.30. The van der Waals surface area contributed by atoms with E-state index in [-0.39, 0.29) is 6.04 Å². The molecule has 0 amide bonds. The molecule has 0 aromatic heterocycles. The third-order valence-electron chi connectivity index (χ3n) is 6.05. The summed E-state index contributed by atoms with van der Waals surface area (Å²) in [6.07, 6.45) is 3.15. The Hall–Kier alpha value is -2.30. The van der Waals surface area contributed by atoms with Gasteiger partial charge in [0.25, 0.3) is 0 Å². The summed E-state index contributed by atoms with van der Waals surface area (Å²) in [6.45, 7) is 5.13. The molecule has 1 unspecified atom stereocenters. The van der Waals surface area contributed by atoms with Crippen molar-refractivity contribution in [1.29, 1.82) is 0 Å². The molecule has 1 atom stereocenters. The summed E-state index contributed by atoms with van der Waals surface area (Å²) in [5.74, 6) is 1.10. The zero-order valence-corrected chi connectivity index (χ0v) is 17.7. The van der Waals surface area contributed by atoms with Crippen LogP contribution in [0.5, 0.6) is 0 Å². The number of piperidine rings is 1. The van der Waals surface area contributed by atoms with Crippen LogP contribution >= 0.6 is 11.6 Å². The van der Waals surface area contributed by atoms with Gasteiger partial charge in [0, 0.05) is 23.2 Å². The molecule has 0 spiro atoms. The van der Waals surface area contributed by atoms with Crippen molar-refractivity contribution in [1.82, 2.24) is 10.2 Å². The molecule has 2 aromatic carbocycles. The SMILES string of the molecule is CC1=C(C2CCNCC2)N=C(N)N(CCc2ccccc2)C1c1ccc(Cl)cc1. The Bertz CT molecular complexity index is 883. The number of rotatable bonds is 5. The number of benzene rings is 2. The number of nitrogens with one attached hydrogen (secondary N) is 1. The summed E-state index contributed by atoms with van der Waals surface area (Å²) in [5.41, 5.74) is 11.6. The molecule has 1 saturated heterocycles. The molecule has 4 rings (SSSR count). The first-order chi connectivity index (χ1) is 14.1. The monoisotopic (exact) mass is 408 g/mol. The lowest BCUT2D eigenvalue weighted by molar-refractivity contribution is 0.328. The van der Waals surface area contributed by atoms with Crippen molar-refractivity contribution in [3.63, 3.8) is 0 Å². The molecule has 5 heteroatoms. The number of hydrogen-bond donors (Lipinski definition) is 2. The number of allylic oxidation sites excluding steroid dienone is 1. The Kier molecular flexibility index (Phi) is 6.22. The van der Waals surface area contributed by atoms with Crippen LogP contribution < -0.4 is 11.1 Å². The predicted molar refractivity (Wildman–Crippen MR) is 121 cm³/mol. The molecule has 3 N–H and O–H groups in total. The van der Waals surface area contributed by atoms with Crippen LogP contribution in [0.4, 0.5) is 0 Å². The van der Waals surface area contributed by atoms with Gasteiger partial charge >= 0.3 is 0 Å². The molecule has 0 aliphatic carbocycles. The summed E-state index contributed by atoms with van der Waals surface area (Å²) in [6, 6.07) is 18.8. The topological polar surface area (TPSA) is 53.6 Å². The second kappa shape index (κ2) is 9.02. The van der Waals surface area contributed by atoms with Crippen LogP contribution in [0.3, 0.4) is 0 Å². The average Bonchev–Trinajstić information content (AvgIpc) is 2.76. The molecule has 0 saturated carbocycles. The minimum absolute atomic E-state index is 0.0957. The van der Waals surface area contributed by atoms with Crippen molar-refractivity contribution in [3.05, 3.63) is 82.0 Å². The van der Waals surface area contributed by atoms with Crippen molar-refractivity contribution in [2.24, 2.45) is 16.6 Å². The van der Waals surface area contributed by atoms with Crippen molar-refractivity contribution in [2.45, 2.75) is 32.2 Å². The molecule has 29 heavy (non-hydrogen) atoms. The molecule has 1 fully saturated rings. The van der Waals surface area contributed by atoms with Gasteiger partial charge in [0.1, 0.15) is 0 Å². The standard InChI is InChI=1S/C24H29ClN4/c1-17-22(19-11-14-27-15-12-19)28-24(26)29(16-13-18-5-3-2-4-6-18)23(17)20-7-9-21(25)10-8-20/h2-10,19,23,27H,11-16H2,1H3,(H2,26,28). The molecule has 2 aromatic rings. The van der Waals surface area contributed by atoms with E-state index in [2.05, 4.69) is 59.6 Å². The lowest BCUT2D eigenvalue weighted by Crippen LogP contribution is -2.45. The fourth-order valence-electron chi connectivity index (χ4n) is 4.50. The number of hydrogen-bond acceptors (Lipinski definition) is 4. The van der Waals surface area contributed by atoms with Crippen molar-refractivity contribution >= 4 is 17.6 Å². The lowest BCUT2D eigenvalue weighted by atomic mass is 9.86. The van der Waals surface area contributed by atoms with Crippen molar-refractivity contribution in [3.8, 4) is 0 Å². The van der Waals surface area contributed by atoms with E-state index in [1.807, 2.05) is 12.1 Å². The summed E-state index contributed by atoms with van der Waals surface area (Å²) >= 11 is 6.16. The van der Waals surface area contributed by atoms with Gasteiger partial charge in [-0.1, -0.05) is 54.1 Å². The van der Waals surface area contributed by atoms with E-state index in [1.165, 1.54) is 22.4 Å². The van der Waals surface area contributed by atoms with Crippen LogP contribution in [-0.2, 0) is 6.42 Å². The van der Waals surface area contributed by atoms with Crippen molar-refractivity contribution < 1.29 is 0 Å². The minimum Gasteiger partial charge on any atom is -0.369 e. The highest BCUT2D eigenvalue weighted by atomic mass is 35.5. The molecule has 4 nitrogen and oxygen atoms in total. The van der Waals surface area contributed by atoms with Gasteiger partial charge in [-0.15, -0.1) is 0 Å². The number of guanidine groups is 1. The summed E-state index contributed by atoms with van der Waals surface area (Å²) in [4.78, 5) is 7.17. The second-order valence-electron chi connectivity index (χ2n) is 7.95. The zero-order chi connectivity index (χ0) is 20.2. The van der Waals surface area contributed by atoms with Gasteiger partial charge in [-0.05, 0) is 68.1 Å². The van der Waals surface area contributed by atoms with E-state index in [9.17, 15) is 0 Å². The molecule has 152 valence electrons. The Morgan fingerprint density at radius 1 is 1.07 bits per heavy atom. The van der Waals surface area contributed by atoms with E-state index in [0.717, 1.165) is 43.9 Å². The average molecular weight is 409 g/mol. The Balaban J connectivity index is 1.66. The van der Waals surface area contributed by atoms with Gasteiger partial charge < -0.3 is 16.0 Å². The molecule has 0 bridgehead atoms. The predicted octanol–water partition coefficient (Wildman–Crippen LogP) is 4.53. The van der Waals surface area contributed by atoms with Gasteiger partial charge in [0.05, 0.1) is 6.04 Å². The van der Waals surface area contributed by atoms with E-state index in [4.69, 9.17) is 22.3 Å². The first kappa shape index (κ1) is 20.0. The Morgan fingerprint density at radius 3 is 2.45 bits per heavy atom. The van der Waals surface area contributed by atoms with Crippen LogP contribution in [0, 0.1) is 5.92 Å². The third kappa shape index (κ3) is 4.49. The van der Waals surface area contributed by atoms with E-state index < -0.39 is 0 Å². The van der Waals surface area contributed by atoms with Gasteiger partial charge in [-0.25, -0.2) is 4.99 Å².